The van der Waals surface area contributed by atoms with Gasteiger partial charge >= 0.3 is 0 Å². The van der Waals surface area contributed by atoms with E-state index in [2.05, 4.69) is 159 Å². The van der Waals surface area contributed by atoms with Crippen molar-refractivity contribution in [2.24, 2.45) is 7.05 Å². The van der Waals surface area contributed by atoms with Crippen LogP contribution in [0.3, 0.4) is 0 Å². The summed E-state index contributed by atoms with van der Waals surface area (Å²) >= 11 is 2.15. The van der Waals surface area contributed by atoms with Crippen LogP contribution in [0.4, 0.5) is 0 Å². The number of rotatable bonds is 2. The second kappa shape index (κ2) is 12.6. The lowest BCUT2D eigenvalue weighted by Crippen LogP contribution is -2.10. The molecule has 6 aromatic rings. The molecule has 0 saturated carbocycles. The molecule has 2 heterocycles. The molecule has 0 aliphatic carbocycles. The van der Waals surface area contributed by atoms with Crippen LogP contribution in [0.1, 0.15) is 52.7 Å². The maximum Gasteiger partial charge on any atom is 0.140 e. The molecule has 0 aliphatic rings. The van der Waals surface area contributed by atoms with Crippen molar-refractivity contribution in [2.45, 2.75) is 52.4 Å². The molecule has 0 spiro atoms. The zero-order valence-corrected chi connectivity index (χ0v) is 27.6. The first-order valence-electron chi connectivity index (χ1n) is 14.0. The molecule has 0 unspecified atom stereocenters. The van der Waals surface area contributed by atoms with Gasteiger partial charge in [0, 0.05) is 18.2 Å². The van der Waals surface area contributed by atoms with Gasteiger partial charge in [0.15, 0.2) is 0 Å². The van der Waals surface area contributed by atoms with Gasteiger partial charge in [0.05, 0.1) is 22.1 Å². The first-order valence-corrected chi connectivity index (χ1v) is 16.1. The maximum absolute atomic E-state index is 4.74. The van der Waals surface area contributed by atoms with Gasteiger partial charge in [-0.15, -0.1) is 0 Å². The first kappa shape index (κ1) is 30.5. The largest absolute Gasteiger partial charge is 0.338 e. The fourth-order valence-corrected chi connectivity index (χ4v) is 4.74. The van der Waals surface area contributed by atoms with Crippen molar-refractivity contribution >= 4 is 44.7 Å². The number of H-pyrrole nitrogens is 1. The zero-order valence-electron chi connectivity index (χ0n) is 25.5. The maximum atomic E-state index is 4.74. The summed E-state index contributed by atoms with van der Waals surface area (Å²) in [6.45, 7) is 13.4. The third kappa shape index (κ3) is 7.07. The molecule has 0 saturated heterocycles. The molecule has 0 aliphatic heterocycles. The molecular weight excluding hydrogens is 615 g/mol. The van der Waals surface area contributed by atoms with Crippen LogP contribution in [0.5, 0.6) is 0 Å². The lowest BCUT2D eigenvalue weighted by atomic mass is 9.86. The van der Waals surface area contributed by atoms with Gasteiger partial charge in [-0.3, -0.25) is 0 Å². The molecule has 0 amide bonds. The lowest BCUT2D eigenvalue weighted by Gasteiger charge is -2.19. The average Bonchev–Trinajstić information content (AvgIpc) is 3.55. The second-order valence-corrected chi connectivity index (χ2v) is 12.2. The third-order valence-electron chi connectivity index (χ3n) is 7.21. The van der Waals surface area contributed by atoms with E-state index in [9.17, 15) is 0 Å². The quantitative estimate of drug-likeness (QED) is 0.149. The predicted octanol–water partition coefficient (Wildman–Crippen LogP) is 10.1. The smallest absolute Gasteiger partial charge is 0.140 e. The normalized spacial score (nSPS) is 11.5. The van der Waals surface area contributed by atoms with Gasteiger partial charge in [-0.05, 0) is 51.2 Å². The van der Waals surface area contributed by atoms with Crippen LogP contribution >= 0.6 is 22.6 Å². The predicted molar refractivity (Wildman–Crippen MR) is 185 cm³/mol. The van der Waals surface area contributed by atoms with Crippen molar-refractivity contribution in [1.29, 1.82) is 0 Å². The molecule has 1 N–H and O–H groups in total. The Balaban J connectivity index is 0.000000178. The molecule has 6 rings (SSSR count). The van der Waals surface area contributed by atoms with Crippen molar-refractivity contribution in [1.82, 2.24) is 19.5 Å². The summed E-state index contributed by atoms with van der Waals surface area (Å²) in [5.41, 5.74) is 9.66. The number of aromatic nitrogens is 4. The second-order valence-electron chi connectivity index (χ2n) is 12.2. The molecule has 0 radical (unpaired) electrons. The number of para-hydroxylation sites is 4. The van der Waals surface area contributed by atoms with E-state index in [1.54, 1.807) is 0 Å². The number of hydrogen-bond donors (Lipinski definition) is 1. The highest BCUT2D eigenvalue weighted by molar-refractivity contribution is 14.1. The number of aryl methyl sites for hydroxylation is 1. The van der Waals surface area contributed by atoms with E-state index >= 15 is 0 Å². The highest BCUT2D eigenvalue weighted by atomic mass is 127. The summed E-state index contributed by atoms with van der Waals surface area (Å²) < 4.78 is 2.15. The summed E-state index contributed by atoms with van der Waals surface area (Å²) in [5, 5.41) is 0. The van der Waals surface area contributed by atoms with E-state index in [4.69, 9.17) is 4.98 Å². The van der Waals surface area contributed by atoms with E-state index < -0.39 is 0 Å². The van der Waals surface area contributed by atoms with E-state index in [1.807, 2.05) is 29.2 Å². The number of benzene rings is 4. The standard InChI is InChI=1S/C18H20N2.C17H18N2.CH3I/c1-18(2,3)14-11-9-13(10-12-14)17-19-15-7-5-6-8-16(15)20(17)4;1-17(2,3)13-10-8-12(9-11-13)16-18-14-6-4-5-7-15(14)19-16;1-2/h5-12H,1-4H3;4-11H,1-3H3,(H,18,19);1H3. The molecule has 212 valence electrons. The van der Waals surface area contributed by atoms with Crippen molar-refractivity contribution < 1.29 is 0 Å². The topological polar surface area (TPSA) is 46.5 Å². The Morgan fingerprint density at radius 1 is 0.585 bits per heavy atom. The Kier molecular flexibility index (Phi) is 9.37. The number of hydrogen-bond acceptors (Lipinski definition) is 2. The monoisotopic (exact) mass is 656 g/mol. The van der Waals surface area contributed by atoms with E-state index in [-0.39, 0.29) is 10.8 Å². The minimum atomic E-state index is 0.185. The molecule has 0 atom stereocenters. The fraction of sp³-hybridized carbons (Fsp3) is 0.278. The molecule has 2 aromatic heterocycles. The number of fused-ring (bicyclic) bond motifs is 2. The zero-order chi connectivity index (χ0) is 29.8. The lowest BCUT2D eigenvalue weighted by molar-refractivity contribution is 0.590. The highest BCUT2D eigenvalue weighted by Crippen LogP contribution is 2.28. The fourth-order valence-electron chi connectivity index (χ4n) is 4.74. The minimum Gasteiger partial charge on any atom is -0.338 e. The van der Waals surface area contributed by atoms with Crippen LogP contribution in [0, 0.1) is 0 Å². The summed E-state index contributed by atoms with van der Waals surface area (Å²) in [4.78, 5) is 14.7. The van der Waals surface area contributed by atoms with Crippen molar-refractivity contribution in [3.8, 4) is 22.8 Å². The number of aromatic amines is 1. The average molecular weight is 657 g/mol. The van der Waals surface area contributed by atoms with Gasteiger partial charge in [0.2, 0.25) is 0 Å². The summed E-state index contributed by atoms with van der Waals surface area (Å²) in [5.74, 6) is 1.95. The van der Waals surface area contributed by atoms with Crippen LogP contribution < -0.4 is 0 Å². The Morgan fingerprint density at radius 3 is 1.59 bits per heavy atom. The molecule has 0 fully saturated rings. The van der Waals surface area contributed by atoms with Crippen molar-refractivity contribution in [2.75, 3.05) is 4.93 Å². The summed E-state index contributed by atoms with van der Waals surface area (Å²) in [6, 6.07) is 33.7. The van der Waals surface area contributed by atoms with Crippen LogP contribution in [0.2, 0.25) is 0 Å². The van der Waals surface area contributed by atoms with Crippen LogP contribution in [-0.4, -0.2) is 24.4 Å². The minimum absolute atomic E-state index is 0.185. The summed E-state index contributed by atoms with van der Waals surface area (Å²) in [6.07, 6.45) is 0. The van der Waals surface area contributed by atoms with Crippen molar-refractivity contribution in [3.05, 3.63) is 108 Å². The Morgan fingerprint density at radius 2 is 1.07 bits per heavy atom. The SMILES string of the molecule is CC(C)(C)c1ccc(-c2nc3ccccc3[nH]2)cc1.CI.Cn1c(-c2ccc(C(C)(C)C)cc2)nc2ccccc21. The van der Waals surface area contributed by atoms with Crippen molar-refractivity contribution in [3.63, 3.8) is 0 Å². The number of halogens is 1. The van der Waals surface area contributed by atoms with Crippen LogP contribution in [0.25, 0.3) is 44.8 Å². The highest BCUT2D eigenvalue weighted by Gasteiger charge is 2.15. The van der Waals surface area contributed by atoms with Gasteiger partial charge in [-0.25, -0.2) is 9.97 Å². The molecule has 5 heteroatoms. The first-order chi connectivity index (χ1) is 19.5. The number of nitrogens with one attached hydrogen (secondary N) is 1. The Labute approximate surface area is 258 Å². The van der Waals surface area contributed by atoms with E-state index in [0.717, 1.165) is 39.3 Å². The Bertz CT molecular complexity index is 1680. The molecule has 0 bridgehead atoms. The number of nitrogens with zero attached hydrogens (tertiary/aromatic N) is 3. The van der Waals surface area contributed by atoms with Gasteiger partial charge in [-0.1, -0.05) is 137 Å². The van der Waals surface area contributed by atoms with Crippen LogP contribution in [-0.2, 0) is 17.9 Å². The molecule has 4 nitrogen and oxygen atoms in total. The number of imidazole rings is 2. The van der Waals surface area contributed by atoms with Crippen LogP contribution in [0.15, 0.2) is 97.1 Å². The molecule has 41 heavy (non-hydrogen) atoms. The van der Waals surface area contributed by atoms with E-state index in [0.29, 0.717) is 0 Å². The number of alkyl halides is 1. The van der Waals surface area contributed by atoms with Gasteiger partial charge in [-0.2, -0.15) is 0 Å². The third-order valence-corrected chi connectivity index (χ3v) is 7.21. The molecular formula is C36H41IN4. The van der Waals surface area contributed by atoms with Gasteiger partial charge < -0.3 is 9.55 Å². The summed E-state index contributed by atoms with van der Waals surface area (Å²) in [7, 11) is 2.07. The van der Waals surface area contributed by atoms with E-state index in [1.165, 1.54) is 16.6 Å². The van der Waals surface area contributed by atoms with Gasteiger partial charge in [0.25, 0.3) is 0 Å². The Hall–Kier alpha value is -3.45. The van der Waals surface area contributed by atoms with Gasteiger partial charge in [0.1, 0.15) is 11.6 Å². The molecule has 4 aromatic carbocycles.